The van der Waals surface area contributed by atoms with Gasteiger partial charge in [-0.3, -0.25) is 9.59 Å². The number of aliphatic carboxylic acids is 1. The lowest BCUT2D eigenvalue weighted by molar-refractivity contribution is -0.141. The number of carboxylic acid groups (broad SMARTS) is 1. The van der Waals surface area contributed by atoms with Crippen molar-refractivity contribution in [3.05, 3.63) is 16.1 Å². The zero-order chi connectivity index (χ0) is 12.6. The van der Waals surface area contributed by atoms with E-state index in [1.54, 1.807) is 23.3 Å². The summed E-state index contributed by atoms with van der Waals surface area (Å²) in [5.41, 5.74) is 0.857. The Morgan fingerprint density at radius 2 is 2.29 bits per heavy atom. The van der Waals surface area contributed by atoms with Crippen molar-refractivity contribution >= 4 is 23.2 Å². The van der Waals surface area contributed by atoms with E-state index in [2.05, 4.69) is 4.98 Å². The van der Waals surface area contributed by atoms with Crippen LogP contribution in [0.1, 0.15) is 17.1 Å². The number of carbonyl (C=O) groups excluding carboxylic acids is 1. The molecule has 2 unspecified atom stereocenters. The minimum Gasteiger partial charge on any atom is -0.481 e. The summed E-state index contributed by atoms with van der Waals surface area (Å²) in [6.07, 6.45) is 0.467. The highest BCUT2D eigenvalue weighted by Gasteiger charge is 2.49. The van der Waals surface area contributed by atoms with Crippen LogP contribution in [0.15, 0.2) is 5.38 Å². The SMILES string of the molecule is Cc1nc(CN(C)C(=O)C2CC2C(=O)O)cs1. The lowest BCUT2D eigenvalue weighted by Crippen LogP contribution is -2.28. The Kier molecular flexibility index (Phi) is 3.15. The molecule has 1 heterocycles. The van der Waals surface area contributed by atoms with Gasteiger partial charge in [0.1, 0.15) is 0 Å². The van der Waals surface area contributed by atoms with Crippen molar-refractivity contribution in [2.24, 2.45) is 11.8 Å². The zero-order valence-electron chi connectivity index (χ0n) is 9.71. The molecule has 5 nitrogen and oxygen atoms in total. The van der Waals surface area contributed by atoms with Crippen molar-refractivity contribution in [1.29, 1.82) is 0 Å². The number of carboxylic acids is 1. The minimum absolute atomic E-state index is 0.0944. The van der Waals surface area contributed by atoms with Crippen LogP contribution in [0, 0.1) is 18.8 Å². The van der Waals surface area contributed by atoms with Crippen LogP contribution in [0.3, 0.4) is 0 Å². The number of hydrogen-bond acceptors (Lipinski definition) is 4. The van der Waals surface area contributed by atoms with Gasteiger partial charge in [0.15, 0.2) is 0 Å². The van der Waals surface area contributed by atoms with Crippen molar-refractivity contribution < 1.29 is 14.7 Å². The van der Waals surface area contributed by atoms with Gasteiger partial charge in [-0.15, -0.1) is 11.3 Å². The van der Waals surface area contributed by atoms with E-state index < -0.39 is 11.9 Å². The van der Waals surface area contributed by atoms with Gasteiger partial charge in [-0.05, 0) is 13.3 Å². The molecule has 1 aliphatic rings. The van der Waals surface area contributed by atoms with Crippen molar-refractivity contribution in [2.75, 3.05) is 7.05 Å². The van der Waals surface area contributed by atoms with Crippen LogP contribution in [0.4, 0.5) is 0 Å². The molecule has 0 spiro atoms. The number of nitrogens with zero attached hydrogens (tertiary/aromatic N) is 2. The molecule has 1 amide bonds. The highest BCUT2D eigenvalue weighted by atomic mass is 32.1. The maximum absolute atomic E-state index is 11.9. The average Bonchev–Trinajstić information content (AvgIpc) is 2.96. The molecule has 0 saturated heterocycles. The summed E-state index contributed by atoms with van der Waals surface area (Å²) < 4.78 is 0. The first-order chi connectivity index (χ1) is 7.99. The summed E-state index contributed by atoms with van der Waals surface area (Å²) in [5.74, 6) is -1.79. The second-order valence-corrected chi connectivity index (χ2v) is 5.40. The molecule has 1 saturated carbocycles. The minimum atomic E-state index is -0.874. The Morgan fingerprint density at radius 1 is 1.59 bits per heavy atom. The highest BCUT2D eigenvalue weighted by molar-refractivity contribution is 7.09. The Labute approximate surface area is 103 Å². The Morgan fingerprint density at radius 3 is 2.76 bits per heavy atom. The van der Waals surface area contributed by atoms with E-state index in [9.17, 15) is 9.59 Å². The normalized spacial score (nSPS) is 22.2. The average molecular weight is 254 g/mol. The molecule has 0 aromatic carbocycles. The number of amides is 1. The summed E-state index contributed by atoms with van der Waals surface area (Å²) in [7, 11) is 1.69. The fourth-order valence-electron chi connectivity index (χ4n) is 1.83. The van der Waals surface area contributed by atoms with Crippen LogP contribution in [0.25, 0.3) is 0 Å². The highest BCUT2D eigenvalue weighted by Crippen LogP contribution is 2.40. The summed E-state index contributed by atoms with van der Waals surface area (Å²) in [5, 5.41) is 11.7. The maximum Gasteiger partial charge on any atom is 0.307 e. The van der Waals surface area contributed by atoms with E-state index in [1.807, 2.05) is 12.3 Å². The van der Waals surface area contributed by atoms with Gasteiger partial charge in [-0.2, -0.15) is 0 Å². The second kappa shape index (κ2) is 4.44. The molecule has 1 aromatic rings. The second-order valence-electron chi connectivity index (χ2n) is 4.34. The van der Waals surface area contributed by atoms with E-state index in [0.717, 1.165) is 10.7 Å². The van der Waals surface area contributed by atoms with Crippen molar-refractivity contribution in [1.82, 2.24) is 9.88 Å². The fraction of sp³-hybridized carbons (Fsp3) is 0.545. The molecule has 0 bridgehead atoms. The Bertz CT molecular complexity index is 457. The molecular formula is C11H14N2O3S. The van der Waals surface area contributed by atoms with E-state index >= 15 is 0 Å². The topological polar surface area (TPSA) is 70.5 Å². The van der Waals surface area contributed by atoms with Gasteiger partial charge in [-0.1, -0.05) is 0 Å². The molecule has 1 aliphatic carbocycles. The molecule has 1 aromatic heterocycles. The molecule has 1 fully saturated rings. The predicted molar refractivity (Wildman–Crippen MR) is 62.6 cm³/mol. The van der Waals surface area contributed by atoms with E-state index in [-0.39, 0.29) is 11.8 Å². The van der Waals surface area contributed by atoms with Crippen molar-refractivity contribution in [2.45, 2.75) is 19.9 Å². The molecule has 17 heavy (non-hydrogen) atoms. The monoisotopic (exact) mass is 254 g/mol. The van der Waals surface area contributed by atoms with Crippen LogP contribution >= 0.6 is 11.3 Å². The Balaban J connectivity index is 1.91. The predicted octanol–water partition coefficient (Wildman–Crippen LogP) is 1.13. The number of rotatable bonds is 4. The van der Waals surface area contributed by atoms with Gasteiger partial charge in [-0.25, -0.2) is 4.98 Å². The van der Waals surface area contributed by atoms with Gasteiger partial charge in [0.2, 0.25) is 5.91 Å². The third kappa shape index (κ3) is 2.63. The van der Waals surface area contributed by atoms with Crippen molar-refractivity contribution in [3.63, 3.8) is 0 Å². The van der Waals surface area contributed by atoms with Gasteiger partial charge in [0.05, 0.1) is 29.1 Å². The van der Waals surface area contributed by atoms with Gasteiger partial charge >= 0.3 is 5.97 Å². The van der Waals surface area contributed by atoms with Crippen LogP contribution < -0.4 is 0 Å². The lowest BCUT2D eigenvalue weighted by atomic mass is 10.3. The molecule has 1 N–H and O–H groups in total. The molecular weight excluding hydrogens is 240 g/mol. The molecule has 0 aliphatic heterocycles. The zero-order valence-corrected chi connectivity index (χ0v) is 10.5. The smallest absolute Gasteiger partial charge is 0.307 e. The van der Waals surface area contributed by atoms with Crippen LogP contribution in [-0.4, -0.2) is 33.9 Å². The molecule has 2 rings (SSSR count). The Hall–Kier alpha value is -1.43. The summed E-state index contributed by atoms with van der Waals surface area (Å²) in [4.78, 5) is 28.4. The van der Waals surface area contributed by atoms with E-state index in [0.29, 0.717) is 13.0 Å². The standard InChI is InChI=1S/C11H14N2O3S/c1-6-12-7(5-17-6)4-13(2)10(14)8-3-9(8)11(15)16/h5,8-9H,3-4H2,1-2H3,(H,15,16). The third-order valence-corrected chi connectivity index (χ3v) is 3.69. The van der Waals surface area contributed by atoms with Crippen LogP contribution in [0.5, 0.6) is 0 Å². The number of aryl methyl sites for hydroxylation is 1. The molecule has 2 atom stereocenters. The molecule has 6 heteroatoms. The van der Waals surface area contributed by atoms with Gasteiger partial charge in [0.25, 0.3) is 0 Å². The molecule has 92 valence electrons. The number of hydrogen-bond donors (Lipinski definition) is 1. The largest absolute Gasteiger partial charge is 0.481 e. The first-order valence-electron chi connectivity index (χ1n) is 5.38. The van der Waals surface area contributed by atoms with Gasteiger partial charge < -0.3 is 10.0 Å². The first kappa shape index (κ1) is 12.0. The summed E-state index contributed by atoms with van der Waals surface area (Å²) in [6, 6.07) is 0. The quantitative estimate of drug-likeness (QED) is 0.874. The molecule has 0 radical (unpaired) electrons. The summed E-state index contributed by atoms with van der Waals surface area (Å²) in [6.45, 7) is 2.36. The van der Waals surface area contributed by atoms with Crippen molar-refractivity contribution in [3.8, 4) is 0 Å². The van der Waals surface area contributed by atoms with E-state index in [4.69, 9.17) is 5.11 Å². The summed E-state index contributed by atoms with van der Waals surface area (Å²) >= 11 is 1.54. The van der Waals surface area contributed by atoms with E-state index in [1.165, 1.54) is 0 Å². The van der Waals surface area contributed by atoms with Crippen LogP contribution in [-0.2, 0) is 16.1 Å². The fourth-order valence-corrected chi connectivity index (χ4v) is 2.43. The van der Waals surface area contributed by atoms with Crippen LogP contribution in [0.2, 0.25) is 0 Å². The van der Waals surface area contributed by atoms with Gasteiger partial charge in [0, 0.05) is 12.4 Å². The first-order valence-corrected chi connectivity index (χ1v) is 6.26. The number of aromatic nitrogens is 1. The number of carbonyl (C=O) groups is 2. The third-order valence-electron chi connectivity index (χ3n) is 2.87. The maximum atomic E-state index is 11.9. The lowest BCUT2D eigenvalue weighted by Gasteiger charge is -2.15. The number of thiazole rings is 1.